The van der Waals surface area contributed by atoms with Crippen LogP contribution in [0.3, 0.4) is 0 Å². The van der Waals surface area contributed by atoms with Crippen LogP contribution in [0.15, 0.2) is 36.7 Å². The number of unbranched alkanes of at least 4 members (excludes halogenated alkanes) is 1. The topological polar surface area (TPSA) is 70.2 Å². The second-order valence-corrected chi connectivity index (χ2v) is 5.75. The molecule has 0 unspecified atom stereocenters. The molecule has 1 aromatic carbocycles. The predicted molar refractivity (Wildman–Crippen MR) is 103 cm³/mol. The van der Waals surface area contributed by atoms with Crippen LogP contribution >= 0.6 is 0 Å². The molecule has 0 aliphatic carbocycles. The van der Waals surface area contributed by atoms with Gasteiger partial charge in [0.2, 0.25) is 5.95 Å². The zero-order valence-corrected chi connectivity index (χ0v) is 15.2. The second kappa shape index (κ2) is 9.61. The molecule has 1 heterocycles. The largest absolute Gasteiger partial charge is 0.372 e. The molecule has 134 valence electrons. The van der Waals surface area contributed by atoms with E-state index < -0.39 is 0 Å². The highest BCUT2D eigenvalue weighted by Gasteiger charge is 2.07. The minimum atomic E-state index is -0.136. The van der Waals surface area contributed by atoms with Crippen molar-refractivity contribution in [2.45, 2.75) is 33.6 Å². The number of aromatic nitrogens is 2. The van der Waals surface area contributed by atoms with Crippen LogP contribution in [0.1, 0.15) is 44.0 Å². The fourth-order valence-corrected chi connectivity index (χ4v) is 2.46. The molecule has 25 heavy (non-hydrogen) atoms. The number of anilines is 3. The van der Waals surface area contributed by atoms with Crippen LogP contribution in [0, 0.1) is 0 Å². The molecule has 6 nitrogen and oxygen atoms in total. The van der Waals surface area contributed by atoms with E-state index in [-0.39, 0.29) is 5.91 Å². The van der Waals surface area contributed by atoms with Gasteiger partial charge in [-0.25, -0.2) is 9.97 Å². The molecule has 0 atom stereocenters. The molecule has 0 aliphatic rings. The average Bonchev–Trinajstić information content (AvgIpc) is 2.65. The van der Waals surface area contributed by atoms with Crippen LogP contribution in [0.4, 0.5) is 17.3 Å². The Morgan fingerprint density at radius 1 is 1.04 bits per heavy atom. The zero-order valence-electron chi connectivity index (χ0n) is 15.2. The van der Waals surface area contributed by atoms with Crippen molar-refractivity contribution in [1.82, 2.24) is 15.3 Å². The van der Waals surface area contributed by atoms with Crippen LogP contribution in [-0.2, 0) is 0 Å². The number of benzene rings is 1. The number of hydrogen-bond donors (Lipinski definition) is 2. The van der Waals surface area contributed by atoms with Gasteiger partial charge in [0.1, 0.15) is 0 Å². The Balaban J connectivity index is 1.95. The first-order valence-electron chi connectivity index (χ1n) is 8.90. The third-order valence-corrected chi connectivity index (χ3v) is 3.98. The van der Waals surface area contributed by atoms with E-state index in [0.29, 0.717) is 18.1 Å². The number of carbonyl (C=O) groups is 1. The summed E-state index contributed by atoms with van der Waals surface area (Å²) in [5.74, 6) is 0.337. The molecule has 1 aromatic heterocycles. The van der Waals surface area contributed by atoms with Crippen LogP contribution < -0.4 is 15.5 Å². The quantitative estimate of drug-likeness (QED) is 0.682. The molecule has 0 aliphatic heterocycles. The molecule has 0 saturated heterocycles. The van der Waals surface area contributed by atoms with Crippen LogP contribution in [0.2, 0.25) is 0 Å². The predicted octanol–water partition coefficient (Wildman–Crippen LogP) is 3.60. The number of amides is 1. The summed E-state index contributed by atoms with van der Waals surface area (Å²) >= 11 is 0. The van der Waals surface area contributed by atoms with E-state index in [4.69, 9.17) is 0 Å². The van der Waals surface area contributed by atoms with E-state index >= 15 is 0 Å². The molecule has 6 heteroatoms. The van der Waals surface area contributed by atoms with E-state index in [1.807, 2.05) is 12.1 Å². The Hall–Kier alpha value is -2.63. The third kappa shape index (κ3) is 5.45. The Labute approximate surface area is 149 Å². The first-order chi connectivity index (χ1) is 12.2. The standard InChI is InChI=1S/C19H27N5O/c1-4-7-12-20-18(25)15-13-21-19(22-14-15)23-16-8-10-17(11-9-16)24(5-2)6-3/h8-11,13-14H,4-7,12H2,1-3H3,(H,20,25)(H,21,22,23). The van der Waals surface area contributed by atoms with Crippen molar-refractivity contribution in [3.63, 3.8) is 0 Å². The molecule has 0 bridgehead atoms. The van der Waals surface area contributed by atoms with Crippen molar-refractivity contribution in [3.8, 4) is 0 Å². The molecule has 2 aromatic rings. The number of hydrogen-bond acceptors (Lipinski definition) is 5. The zero-order chi connectivity index (χ0) is 18.1. The highest BCUT2D eigenvalue weighted by Crippen LogP contribution is 2.19. The highest BCUT2D eigenvalue weighted by molar-refractivity contribution is 5.93. The second-order valence-electron chi connectivity index (χ2n) is 5.75. The maximum Gasteiger partial charge on any atom is 0.254 e. The number of nitrogens with one attached hydrogen (secondary N) is 2. The highest BCUT2D eigenvalue weighted by atomic mass is 16.1. The third-order valence-electron chi connectivity index (χ3n) is 3.98. The molecule has 0 radical (unpaired) electrons. The summed E-state index contributed by atoms with van der Waals surface area (Å²) in [6, 6.07) is 8.15. The van der Waals surface area contributed by atoms with E-state index in [0.717, 1.165) is 31.6 Å². The van der Waals surface area contributed by atoms with Crippen LogP contribution in [0.5, 0.6) is 0 Å². The van der Waals surface area contributed by atoms with Gasteiger partial charge < -0.3 is 15.5 Å². The van der Waals surface area contributed by atoms with Gasteiger partial charge in [0, 0.05) is 43.4 Å². The number of nitrogens with zero attached hydrogens (tertiary/aromatic N) is 3. The van der Waals surface area contributed by atoms with Gasteiger partial charge in [-0.15, -0.1) is 0 Å². The van der Waals surface area contributed by atoms with Gasteiger partial charge in [-0.1, -0.05) is 13.3 Å². The summed E-state index contributed by atoms with van der Waals surface area (Å²) in [6.07, 6.45) is 5.10. The maximum absolute atomic E-state index is 11.9. The Kier molecular flexibility index (Phi) is 7.19. The minimum Gasteiger partial charge on any atom is -0.372 e. The van der Waals surface area contributed by atoms with Crippen LogP contribution in [0.25, 0.3) is 0 Å². The SMILES string of the molecule is CCCCNC(=O)c1cnc(Nc2ccc(N(CC)CC)cc2)nc1. The van der Waals surface area contributed by atoms with E-state index in [9.17, 15) is 4.79 Å². The monoisotopic (exact) mass is 341 g/mol. The summed E-state index contributed by atoms with van der Waals surface area (Å²) in [6.45, 7) is 9.01. The van der Waals surface area contributed by atoms with Crippen molar-refractivity contribution in [3.05, 3.63) is 42.2 Å². The Bertz CT molecular complexity index is 651. The molecule has 2 N–H and O–H groups in total. The minimum absolute atomic E-state index is 0.136. The molecular weight excluding hydrogens is 314 g/mol. The summed E-state index contributed by atoms with van der Waals surface area (Å²) in [5, 5.41) is 6.00. The smallest absolute Gasteiger partial charge is 0.254 e. The fraction of sp³-hybridized carbons (Fsp3) is 0.421. The molecule has 0 saturated carbocycles. The first kappa shape index (κ1) is 18.7. The van der Waals surface area contributed by atoms with E-state index in [2.05, 4.69) is 58.4 Å². The molecular formula is C19H27N5O. The number of carbonyl (C=O) groups excluding carboxylic acids is 1. The summed E-state index contributed by atoms with van der Waals surface area (Å²) < 4.78 is 0. The lowest BCUT2D eigenvalue weighted by Crippen LogP contribution is -2.24. The van der Waals surface area contributed by atoms with E-state index in [1.54, 1.807) is 12.4 Å². The maximum atomic E-state index is 11.9. The summed E-state index contributed by atoms with van der Waals surface area (Å²) in [7, 11) is 0. The molecule has 0 fully saturated rings. The summed E-state index contributed by atoms with van der Waals surface area (Å²) in [5.41, 5.74) is 2.57. The van der Waals surface area contributed by atoms with Crippen molar-refractivity contribution >= 4 is 23.2 Å². The van der Waals surface area contributed by atoms with Gasteiger partial charge in [-0.05, 0) is 44.5 Å². The van der Waals surface area contributed by atoms with Gasteiger partial charge in [0.25, 0.3) is 5.91 Å². The first-order valence-corrected chi connectivity index (χ1v) is 8.90. The normalized spacial score (nSPS) is 10.4. The average molecular weight is 341 g/mol. The van der Waals surface area contributed by atoms with Crippen molar-refractivity contribution < 1.29 is 4.79 Å². The molecule has 0 spiro atoms. The van der Waals surface area contributed by atoms with Gasteiger partial charge in [0.15, 0.2) is 0 Å². The lowest BCUT2D eigenvalue weighted by molar-refractivity contribution is 0.0952. The molecule has 2 rings (SSSR count). The number of rotatable bonds is 9. The van der Waals surface area contributed by atoms with Gasteiger partial charge in [-0.3, -0.25) is 4.79 Å². The van der Waals surface area contributed by atoms with Gasteiger partial charge in [-0.2, -0.15) is 0 Å². The lowest BCUT2D eigenvalue weighted by atomic mass is 10.2. The van der Waals surface area contributed by atoms with Gasteiger partial charge >= 0.3 is 0 Å². The Morgan fingerprint density at radius 2 is 1.68 bits per heavy atom. The van der Waals surface area contributed by atoms with Gasteiger partial charge in [0.05, 0.1) is 5.56 Å². The summed E-state index contributed by atoms with van der Waals surface area (Å²) in [4.78, 5) is 22.7. The Morgan fingerprint density at radius 3 is 2.24 bits per heavy atom. The van der Waals surface area contributed by atoms with Crippen LogP contribution in [-0.4, -0.2) is 35.5 Å². The lowest BCUT2D eigenvalue weighted by Gasteiger charge is -2.21. The van der Waals surface area contributed by atoms with Crippen molar-refractivity contribution in [1.29, 1.82) is 0 Å². The van der Waals surface area contributed by atoms with E-state index in [1.165, 1.54) is 5.69 Å². The van der Waals surface area contributed by atoms with Crippen molar-refractivity contribution in [2.75, 3.05) is 29.9 Å². The molecule has 1 amide bonds. The fourth-order valence-electron chi connectivity index (χ4n) is 2.46. The van der Waals surface area contributed by atoms with Crippen molar-refractivity contribution in [2.24, 2.45) is 0 Å².